The van der Waals surface area contributed by atoms with Crippen molar-refractivity contribution in [3.8, 4) is 0 Å². The van der Waals surface area contributed by atoms with E-state index in [0.717, 1.165) is 18.6 Å². The molecule has 1 N–H and O–H groups in total. The molecule has 6 heterocycles. The molecule has 18 nitrogen and oxygen atoms in total. The number of ether oxygens (including phenoxy) is 6. The smallest absolute Gasteiger partial charge is 0.260 e. The van der Waals surface area contributed by atoms with Gasteiger partial charge in [-0.1, -0.05) is 52.4 Å². The number of rotatable bonds is 15. The number of nitrogens with zero attached hydrogens (tertiary/aromatic N) is 6. The van der Waals surface area contributed by atoms with Crippen LogP contribution >= 0.6 is 0 Å². The summed E-state index contributed by atoms with van der Waals surface area (Å²) in [7, 11) is 4.93. The molecule has 3 radical (unpaired) electrons. The second-order valence-electron chi connectivity index (χ2n) is 15.1. The molecule has 8 atom stereocenters. The van der Waals surface area contributed by atoms with Gasteiger partial charge in [-0.15, -0.1) is 58.7 Å². The number of nitrogens with one attached hydrogen (secondary N) is 1. The van der Waals surface area contributed by atoms with E-state index in [1.54, 1.807) is 52.1 Å². The largest absolute Gasteiger partial charge is 0.394 e. The second kappa shape index (κ2) is 43.2. The fourth-order valence-electron chi connectivity index (χ4n) is 6.16. The van der Waals surface area contributed by atoms with Gasteiger partial charge in [0.2, 0.25) is 5.91 Å². The van der Waals surface area contributed by atoms with E-state index in [-0.39, 0.29) is 203 Å². The maximum Gasteiger partial charge on any atom is 0.260 e. The Bertz CT molecular complexity index is 2230. The van der Waals surface area contributed by atoms with Crippen LogP contribution in [0.2, 0.25) is 0 Å². The van der Waals surface area contributed by atoms with Crippen molar-refractivity contribution in [1.82, 2.24) is 34.0 Å². The molecule has 1 amide bonds. The van der Waals surface area contributed by atoms with E-state index in [0.29, 0.717) is 43.4 Å². The van der Waals surface area contributed by atoms with Crippen molar-refractivity contribution >= 4 is 29.9 Å². The van der Waals surface area contributed by atoms with Gasteiger partial charge in [0.15, 0.2) is 0 Å². The van der Waals surface area contributed by atoms with E-state index in [1.165, 1.54) is 32.8 Å². The zero-order valence-electron chi connectivity index (χ0n) is 41.9. The summed E-state index contributed by atoms with van der Waals surface area (Å²) in [6.45, 7) is 16.3. The van der Waals surface area contributed by atoms with Crippen molar-refractivity contribution < 1.29 is 199 Å². The summed E-state index contributed by atoms with van der Waals surface area (Å²) >= 11 is 0. The van der Waals surface area contributed by atoms with Gasteiger partial charge in [0, 0.05) is 202 Å². The molecule has 0 aliphatic carbocycles. The van der Waals surface area contributed by atoms with Crippen LogP contribution in [-0.2, 0) is 199 Å². The molecule has 0 bridgehead atoms. The first-order valence-corrected chi connectivity index (χ1v) is 21.5. The molecular weight excluding hydrogens is 1660 g/mol. The standard InChI is InChI=1S/C15H18N2O4.C15H20N2O3.C14H17N3O3.C3H8O.3W.3Y/c1-10-6-14(21-13(10)9-20-3)17-8-12(5-4-11(2)18)7-16-15(17)19;1-4-5-6-12-8-16-15(18)17(9-12)14-7-11(2)13(20-14)10-19-3;1-3-15-12(18)5-4-11-7-16-14(19)17(8-11)13-6-10(2)9-20-13;1-3-4-2;;;;;;/h4-6,8,10,13-14H,9H2,1-3H3;5-7,9,11,13-14H,4,10H2,1-3H3;4-6,8,10,13H,3,9H2,1-2H3,(H,15,18);3H2,1-2H3;;;;;;/q3*-2;;;;;;;/b5-4+;6-5+;5-4+;;;;;;;/t10?,13-,14-;11?,13-,14-;10?,13-;;;;;;;/m111......./s1. The molecule has 3 aliphatic rings. The van der Waals surface area contributed by atoms with Gasteiger partial charge in [-0.3, -0.25) is 28.9 Å². The molecule has 0 spiro atoms. The molecule has 0 aromatic carbocycles. The van der Waals surface area contributed by atoms with Gasteiger partial charge in [-0.25, -0.2) is 0 Å². The maximum absolute atomic E-state index is 11.9. The Labute approximate surface area is 537 Å². The molecular formula is C47H63N7O11W3Y3-6. The molecule has 3 fully saturated rings. The van der Waals surface area contributed by atoms with E-state index in [4.69, 9.17) is 23.7 Å². The first-order chi connectivity index (χ1) is 31.2. The summed E-state index contributed by atoms with van der Waals surface area (Å²) < 4.78 is 36.2. The van der Waals surface area contributed by atoms with Crippen LogP contribution in [-0.4, -0.2) is 107 Å². The van der Waals surface area contributed by atoms with Gasteiger partial charge in [0.1, 0.15) is 5.78 Å². The molecule has 385 valence electrons. The Morgan fingerprint density at radius 1 is 0.690 bits per heavy atom. The van der Waals surface area contributed by atoms with Crippen LogP contribution in [0.5, 0.6) is 0 Å². The number of amides is 1. The van der Waals surface area contributed by atoms with Crippen molar-refractivity contribution in [3.63, 3.8) is 0 Å². The average Bonchev–Trinajstić information content (AvgIpc) is 4.00. The summed E-state index contributed by atoms with van der Waals surface area (Å²) in [4.78, 5) is 68.9. The normalized spacial score (nSPS) is 21.7. The topological polar surface area (TPSA) is 206 Å². The van der Waals surface area contributed by atoms with Crippen molar-refractivity contribution in [2.45, 2.75) is 85.8 Å². The number of carbonyl (C=O) groups excluding carboxylic acids is 2. The Morgan fingerprint density at radius 2 is 1.10 bits per heavy atom. The minimum atomic E-state index is -0.487. The fourth-order valence-corrected chi connectivity index (χ4v) is 6.16. The van der Waals surface area contributed by atoms with Gasteiger partial charge in [-0.05, 0) is 70.5 Å². The van der Waals surface area contributed by atoms with Gasteiger partial charge >= 0.3 is 0 Å². The number of hydrogen-bond donors (Lipinski definition) is 1. The quantitative estimate of drug-likeness (QED) is 0.168. The van der Waals surface area contributed by atoms with E-state index < -0.39 is 30.1 Å². The van der Waals surface area contributed by atoms with Crippen LogP contribution in [0.3, 0.4) is 0 Å². The monoisotopic (exact) mass is 1720 g/mol. The third-order valence-electron chi connectivity index (χ3n) is 9.67. The second-order valence-corrected chi connectivity index (χ2v) is 15.1. The van der Waals surface area contributed by atoms with E-state index >= 15 is 0 Å². The van der Waals surface area contributed by atoms with Crippen molar-refractivity contribution in [1.29, 1.82) is 0 Å². The third-order valence-corrected chi connectivity index (χ3v) is 9.67. The first kappa shape index (κ1) is 77.6. The molecule has 3 aliphatic heterocycles. The number of allylic oxidation sites excluding steroid dienone is 2. The minimum absolute atomic E-state index is 0. The van der Waals surface area contributed by atoms with Crippen molar-refractivity contribution in [3.05, 3.63) is 123 Å². The average molecular weight is 1720 g/mol. The first-order valence-electron chi connectivity index (χ1n) is 21.5. The third kappa shape index (κ3) is 27.8. The van der Waals surface area contributed by atoms with Crippen LogP contribution in [0.1, 0.15) is 90.3 Å². The number of likely N-dealkylation sites (N-methyl/N-ethyl adjacent to an activating group) is 1. The Morgan fingerprint density at radius 3 is 1.45 bits per heavy atom. The van der Waals surface area contributed by atoms with Crippen LogP contribution < -0.4 is 22.4 Å². The van der Waals surface area contributed by atoms with Crippen molar-refractivity contribution in [2.75, 3.05) is 54.3 Å². The van der Waals surface area contributed by atoms with Gasteiger partial charge in [-0.2, -0.15) is 0 Å². The SMILES string of the molecule is CC/C=C/c1[c-]nc(=O)n([C@H]2[CH-]C(C)[C@@H](COC)O2)c1.CCNC(=O)/C=C/c1[c-]nc(=O)n([C@H]2[CH-]C(C)CO2)c1.CCOC.COC[C@H]1O[C@@H](n2cc(/C=C/C(C)=O)[c-]nc2=O)[CH-]C1C.[W].[W].[W].[Y].[Y].[Y]. The Balaban J connectivity index is -0.000000438. The molecule has 71 heavy (non-hydrogen) atoms. The van der Waals surface area contributed by atoms with Crippen LogP contribution in [0, 0.1) is 55.6 Å². The summed E-state index contributed by atoms with van der Waals surface area (Å²) in [5, 5.41) is 2.64. The van der Waals surface area contributed by atoms with Gasteiger partial charge in [0.05, 0.1) is 25.4 Å². The van der Waals surface area contributed by atoms with E-state index in [9.17, 15) is 24.0 Å². The number of aromatic nitrogens is 6. The molecule has 0 saturated carbocycles. The van der Waals surface area contributed by atoms with Crippen molar-refractivity contribution in [2.24, 2.45) is 17.8 Å². The van der Waals surface area contributed by atoms with Crippen LogP contribution in [0.4, 0.5) is 0 Å². The molecule has 24 heteroatoms. The minimum Gasteiger partial charge on any atom is -0.394 e. The number of carbonyl (C=O) groups is 2. The predicted octanol–water partition coefficient (Wildman–Crippen LogP) is 4.08. The number of hydrogen-bond acceptors (Lipinski definition) is 14. The molecule has 6 rings (SSSR count). The molecule has 3 unspecified atom stereocenters. The summed E-state index contributed by atoms with van der Waals surface area (Å²) in [5.41, 5.74) is 0.644. The summed E-state index contributed by atoms with van der Waals surface area (Å²) in [6.07, 6.45) is 28.0. The Kier molecular flexibility index (Phi) is 47.2. The van der Waals surface area contributed by atoms with Gasteiger partial charge in [0.25, 0.3) is 17.1 Å². The Hall–Kier alpha value is 0.137. The van der Waals surface area contributed by atoms with Gasteiger partial charge < -0.3 is 76.8 Å². The number of ketones is 1. The molecule has 3 aromatic heterocycles. The summed E-state index contributed by atoms with van der Waals surface area (Å²) in [6, 6.07) is 0. The maximum atomic E-state index is 11.9. The summed E-state index contributed by atoms with van der Waals surface area (Å²) in [5.74, 6) is 0.410. The van der Waals surface area contributed by atoms with E-state index in [1.807, 2.05) is 66.0 Å². The van der Waals surface area contributed by atoms with Crippen LogP contribution in [0.15, 0.2) is 51.2 Å². The zero-order chi connectivity index (χ0) is 47.9. The van der Waals surface area contributed by atoms with Crippen LogP contribution in [0.25, 0.3) is 18.2 Å². The predicted molar refractivity (Wildman–Crippen MR) is 243 cm³/mol. The van der Waals surface area contributed by atoms with E-state index in [2.05, 4.69) is 50.5 Å². The zero-order valence-corrected chi connectivity index (χ0v) is 59.2. The molecule has 3 aromatic rings. The number of methoxy groups -OCH3 is 3. The fraction of sp³-hybridized carbons (Fsp3) is 0.511. The molecule has 3 saturated heterocycles.